The van der Waals surface area contributed by atoms with Crippen LogP contribution in [-0.4, -0.2) is 26.7 Å². The summed E-state index contributed by atoms with van der Waals surface area (Å²) in [6, 6.07) is 4.61. The predicted octanol–water partition coefficient (Wildman–Crippen LogP) is 3.20. The third-order valence-electron chi connectivity index (χ3n) is 3.35. The van der Waals surface area contributed by atoms with E-state index in [0.29, 0.717) is 0 Å². The molecule has 26 heavy (non-hydrogen) atoms. The molecule has 0 fully saturated rings. The van der Waals surface area contributed by atoms with Gasteiger partial charge >= 0.3 is 6.18 Å². The van der Waals surface area contributed by atoms with E-state index in [1.54, 1.807) is 0 Å². The number of hydrogen-bond donors (Lipinski definition) is 1. The minimum atomic E-state index is -4.61. The number of ether oxygens (including phenoxy) is 1. The van der Waals surface area contributed by atoms with E-state index in [2.05, 4.69) is 15.2 Å². The molecule has 2 heterocycles. The predicted molar refractivity (Wildman–Crippen MR) is 79.7 cm³/mol. The molecule has 0 amide bonds. The van der Waals surface area contributed by atoms with Gasteiger partial charge in [-0.3, -0.25) is 14.7 Å². The Balaban J connectivity index is 1.80. The zero-order valence-corrected chi connectivity index (χ0v) is 12.9. The number of carbonyl (C=O) groups is 2. The van der Waals surface area contributed by atoms with Gasteiger partial charge in [-0.1, -0.05) is 12.1 Å². The van der Waals surface area contributed by atoms with E-state index in [0.717, 1.165) is 31.0 Å². The maximum atomic E-state index is 13.0. The van der Waals surface area contributed by atoms with E-state index >= 15 is 0 Å². The highest BCUT2D eigenvalue weighted by molar-refractivity contribution is 6.43. The number of nitrogens with zero attached hydrogens (tertiary/aromatic N) is 2. The van der Waals surface area contributed by atoms with Gasteiger partial charge in [0.2, 0.25) is 5.78 Å². The van der Waals surface area contributed by atoms with Gasteiger partial charge in [0.05, 0.1) is 11.8 Å². The summed E-state index contributed by atoms with van der Waals surface area (Å²) in [6.07, 6.45) is -1.80. The van der Waals surface area contributed by atoms with Crippen LogP contribution >= 0.6 is 0 Å². The van der Waals surface area contributed by atoms with Gasteiger partial charge in [-0.2, -0.15) is 18.3 Å². The van der Waals surface area contributed by atoms with E-state index < -0.39 is 35.5 Å². The molecule has 0 aliphatic carbocycles. The standard InChI is InChI=1S/C16H10F3N3O4/c17-16(18,19)10-3-1-2-4-12(10)26-13-7-25-6-9(13)5-11(23)14(24)15-20-8-21-22-15/h1-4,6-8H,5H2,(H,20,21,22). The fraction of sp³-hybridized carbons (Fsp3) is 0.125. The number of ketones is 2. The molecule has 0 atom stereocenters. The van der Waals surface area contributed by atoms with Crippen molar-refractivity contribution >= 4 is 11.6 Å². The second kappa shape index (κ2) is 6.82. The van der Waals surface area contributed by atoms with Gasteiger partial charge in [0, 0.05) is 12.0 Å². The van der Waals surface area contributed by atoms with Crippen LogP contribution < -0.4 is 4.74 Å². The Morgan fingerprint density at radius 1 is 1.15 bits per heavy atom. The molecule has 0 saturated heterocycles. The smallest absolute Gasteiger partial charge is 0.419 e. The molecule has 2 aromatic heterocycles. The maximum Gasteiger partial charge on any atom is 0.419 e. The number of halogens is 3. The van der Waals surface area contributed by atoms with Crippen LogP contribution in [0, 0.1) is 0 Å². The largest absolute Gasteiger partial charge is 0.468 e. The Hall–Kier alpha value is -3.43. The van der Waals surface area contributed by atoms with Crippen molar-refractivity contribution in [2.45, 2.75) is 12.6 Å². The van der Waals surface area contributed by atoms with Gasteiger partial charge in [0.15, 0.2) is 11.6 Å². The lowest BCUT2D eigenvalue weighted by Gasteiger charge is -2.13. The molecular formula is C16H10F3N3O4. The van der Waals surface area contributed by atoms with E-state index in [4.69, 9.17) is 9.15 Å². The van der Waals surface area contributed by atoms with E-state index in [1.165, 1.54) is 12.1 Å². The number of Topliss-reactive ketones (excluding diaryl/α,β-unsaturated/α-hetero) is 2. The fourth-order valence-electron chi connectivity index (χ4n) is 2.14. The molecule has 134 valence electrons. The zero-order chi connectivity index (χ0) is 18.7. The highest BCUT2D eigenvalue weighted by atomic mass is 19.4. The van der Waals surface area contributed by atoms with Crippen molar-refractivity contribution in [1.29, 1.82) is 0 Å². The molecule has 0 aliphatic rings. The van der Waals surface area contributed by atoms with Crippen molar-refractivity contribution in [2.75, 3.05) is 0 Å². The van der Waals surface area contributed by atoms with Gasteiger partial charge in [-0.15, -0.1) is 0 Å². The molecular weight excluding hydrogens is 355 g/mol. The molecule has 0 bridgehead atoms. The van der Waals surface area contributed by atoms with Crippen LogP contribution in [0.25, 0.3) is 0 Å². The van der Waals surface area contributed by atoms with Crippen molar-refractivity contribution in [3.05, 3.63) is 60.1 Å². The number of furan rings is 1. The number of H-pyrrole nitrogens is 1. The zero-order valence-electron chi connectivity index (χ0n) is 12.9. The second-order valence-electron chi connectivity index (χ2n) is 5.12. The van der Waals surface area contributed by atoms with Crippen LogP contribution in [0.1, 0.15) is 21.7 Å². The molecule has 0 aliphatic heterocycles. The van der Waals surface area contributed by atoms with Crippen molar-refractivity contribution < 1.29 is 31.9 Å². The molecule has 0 unspecified atom stereocenters. The summed E-state index contributed by atoms with van der Waals surface area (Å²) in [7, 11) is 0. The number of aromatic nitrogens is 3. The minimum Gasteiger partial charge on any atom is -0.468 e. The lowest BCUT2D eigenvalue weighted by atomic mass is 10.1. The number of para-hydroxylation sites is 1. The number of nitrogens with one attached hydrogen (secondary N) is 1. The topological polar surface area (TPSA) is 98.1 Å². The van der Waals surface area contributed by atoms with Gasteiger partial charge < -0.3 is 9.15 Å². The Morgan fingerprint density at radius 2 is 1.92 bits per heavy atom. The first-order valence-corrected chi connectivity index (χ1v) is 7.18. The highest BCUT2D eigenvalue weighted by Gasteiger charge is 2.34. The van der Waals surface area contributed by atoms with E-state index in [1.807, 2.05) is 0 Å². The molecule has 3 rings (SSSR count). The first-order valence-electron chi connectivity index (χ1n) is 7.18. The third-order valence-corrected chi connectivity index (χ3v) is 3.35. The third kappa shape index (κ3) is 3.63. The van der Waals surface area contributed by atoms with Gasteiger partial charge in [-0.25, -0.2) is 4.98 Å². The molecule has 10 heteroatoms. The van der Waals surface area contributed by atoms with Crippen LogP contribution in [-0.2, 0) is 17.4 Å². The average Bonchev–Trinajstić information content (AvgIpc) is 3.26. The van der Waals surface area contributed by atoms with E-state index in [-0.39, 0.29) is 17.1 Å². The Labute approximate surface area is 143 Å². The minimum absolute atomic E-state index is 0.0968. The van der Waals surface area contributed by atoms with Crippen molar-refractivity contribution in [3.63, 3.8) is 0 Å². The summed E-state index contributed by atoms with van der Waals surface area (Å²) in [5.74, 6) is -2.54. The van der Waals surface area contributed by atoms with Gasteiger partial charge in [0.1, 0.15) is 18.3 Å². The quantitative estimate of drug-likeness (QED) is 0.532. The van der Waals surface area contributed by atoms with Crippen molar-refractivity contribution in [1.82, 2.24) is 15.2 Å². The summed E-state index contributed by atoms with van der Waals surface area (Å²) >= 11 is 0. The molecule has 0 saturated carbocycles. The van der Waals surface area contributed by atoms with Gasteiger partial charge in [0.25, 0.3) is 5.78 Å². The van der Waals surface area contributed by atoms with E-state index in [9.17, 15) is 22.8 Å². The summed E-state index contributed by atoms with van der Waals surface area (Å²) in [5, 5.41) is 5.73. The summed E-state index contributed by atoms with van der Waals surface area (Å²) in [6.45, 7) is 0. The summed E-state index contributed by atoms with van der Waals surface area (Å²) < 4.78 is 49.3. The van der Waals surface area contributed by atoms with Crippen LogP contribution in [0.4, 0.5) is 13.2 Å². The van der Waals surface area contributed by atoms with Crippen LogP contribution in [0.3, 0.4) is 0 Å². The first kappa shape index (κ1) is 17.4. The lowest BCUT2D eigenvalue weighted by molar-refractivity contribution is -0.138. The molecule has 0 spiro atoms. The molecule has 7 nitrogen and oxygen atoms in total. The van der Waals surface area contributed by atoms with Crippen molar-refractivity contribution in [2.24, 2.45) is 0 Å². The van der Waals surface area contributed by atoms with Crippen LogP contribution in [0.5, 0.6) is 11.5 Å². The van der Waals surface area contributed by atoms with Gasteiger partial charge in [-0.05, 0) is 12.1 Å². The lowest BCUT2D eigenvalue weighted by Crippen LogP contribution is -2.18. The first-order chi connectivity index (χ1) is 12.4. The average molecular weight is 365 g/mol. The molecule has 3 aromatic rings. The maximum absolute atomic E-state index is 13.0. The normalized spacial score (nSPS) is 11.3. The number of hydrogen-bond acceptors (Lipinski definition) is 6. The number of alkyl halides is 3. The molecule has 1 N–H and O–H groups in total. The monoisotopic (exact) mass is 365 g/mol. The highest BCUT2D eigenvalue weighted by Crippen LogP contribution is 2.38. The fourth-order valence-corrected chi connectivity index (χ4v) is 2.14. The summed E-state index contributed by atoms with van der Waals surface area (Å²) in [5.41, 5.74) is -0.851. The Morgan fingerprint density at radius 3 is 2.62 bits per heavy atom. The Kier molecular flexibility index (Phi) is 4.57. The Bertz CT molecular complexity index is 932. The van der Waals surface area contributed by atoms with Crippen LogP contribution in [0.2, 0.25) is 0 Å². The number of benzene rings is 1. The van der Waals surface area contributed by atoms with Crippen LogP contribution in [0.15, 0.2) is 47.5 Å². The number of carbonyl (C=O) groups excluding carboxylic acids is 2. The molecule has 0 radical (unpaired) electrons. The van der Waals surface area contributed by atoms with Crippen molar-refractivity contribution in [3.8, 4) is 11.5 Å². The number of aromatic amines is 1. The SMILES string of the molecule is O=C(Cc1cocc1Oc1ccccc1C(F)(F)F)C(=O)c1ncn[nH]1. The summed E-state index contributed by atoms with van der Waals surface area (Å²) in [4.78, 5) is 27.5. The second-order valence-corrected chi connectivity index (χ2v) is 5.12. The molecule has 1 aromatic carbocycles. The number of rotatable bonds is 6.